The highest BCUT2D eigenvalue weighted by molar-refractivity contribution is 7.45. The number of likely N-dealkylation sites (N-methyl/N-ethyl adjacent to an activating group) is 1. The second-order valence-electron chi connectivity index (χ2n) is 24.2. The van der Waals surface area contributed by atoms with E-state index in [1.54, 1.807) is 6.08 Å². The van der Waals surface area contributed by atoms with Crippen LogP contribution >= 0.6 is 7.82 Å². The SMILES string of the molecule is CCCCCCC/C=C\C/C=C\CCCCCCCCCCCCCCCCCCCCCCCCCCCC(=O)NC(COP(=O)([O-])OCC[N+](C)(C)C)C(O)/C=C/CC/C=C/CC/C=C/CCCCCCCCCCC. The lowest BCUT2D eigenvalue weighted by Gasteiger charge is -2.29. The van der Waals surface area contributed by atoms with Crippen molar-refractivity contribution in [1.82, 2.24) is 5.32 Å². The number of nitrogens with one attached hydrogen (secondary N) is 1. The zero-order chi connectivity index (χ0) is 57.0. The molecule has 0 fully saturated rings. The maximum absolute atomic E-state index is 13.0. The van der Waals surface area contributed by atoms with E-state index < -0.39 is 26.6 Å². The number of phosphoric acid groups is 1. The van der Waals surface area contributed by atoms with E-state index >= 15 is 0 Å². The number of carbonyl (C=O) groups is 1. The lowest BCUT2D eigenvalue weighted by Crippen LogP contribution is -2.45. The molecule has 8 nitrogen and oxygen atoms in total. The minimum Gasteiger partial charge on any atom is -0.756 e. The Balaban J connectivity index is 4.00. The highest BCUT2D eigenvalue weighted by atomic mass is 31.2. The van der Waals surface area contributed by atoms with E-state index in [0.29, 0.717) is 17.4 Å². The second-order valence-corrected chi connectivity index (χ2v) is 25.6. The Morgan fingerprint density at radius 1 is 0.449 bits per heavy atom. The third kappa shape index (κ3) is 61.8. The second kappa shape index (κ2) is 59.8. The molecule has 0 heterocycles. The molecule has 0 radical (unpaired) electrons. The summed E-state index contributed by atoms with van der Waals surface area (Å²) < 4.78 is 23.4. The van der Waals surface area contributed by atoms with Gasteiger partial charge in [-0.15, -0.1) is 0 Å². The summed E-state index contributed by atoms with van der Waals surface area (Å²) >= 11 is 0. The zero-order valence-corrected chi connectivity index (χ0v) is 53.3. The molecule has 0 aromatic rings. The number of unbranched alkanes of at least 4 members (excludes halogenated alkanes) is 41. The van der Waals surface area contributed by atoms with E-state index in [0.717, 1.165) is 51.4 Å². The van der Waals surface area contributed by atoms with Crippen LogP contribution in [0.4, 0.5) is 0 Å². The number of allylic oxidation sites excluding steroid dienone is 9. The monoisotopic (exact) mass is 1110 g/mol. The van der Waals surface area contributed by atoms with E-state index in [4.69, 9.17) is 9.05 Å². The van der Waals surface area contributed by atoms with Gasteiger partial charge in [-0.25, -0.2) is 0 Å². The Labute approximate surface area is 485 Å². The standard InChI is InChI=1S/C69H131N2O6P/c1-6-8-10-12-14-16-18-20-22-24-26-27-28-29-30-31-32-33-34-35-36-37-38-39-40-41-42-43-45-47-49-51-53-55-57-59-61-63-69(73)70-67(66-77-78(74,75)76-65-64-71(3,4)5)68(72)62-60-58-56-54-52-50-48-46-44-25-23-21-19-17-15-13-11-9-7-2/h18,20,24,26,44,46,52,54,60,62,67-68,72H,6-17,19,21-23,25,27-43,45,47-51,53,55-59,61,63-66H2,1-5H3,(H-,70,73,74,75)/b20-18-,26-24-,46-44+,54-52+,62-60+. The van der Waals surface area contributed by atoms with Gasteiger partial charge in [0.25, 0.3) is 7.82 Å². The molecular weight excluding hydrogens is 984 g/mol. The summed E-state index contributed by atoms with van der Waals surface area (Å²) in [6.07, 6.45) is 82.0. The molecule has 1 amide bonds. The third-order valence-corrected chi connectivity index (χ3v) is 16.1. The van der Waals surface area contributed by atoms with Crippen molar-refractivity contribution >= 4 is 13.7 Å². The van der Waals surface area contributed by atoms with Crippen LogP contribution in [-0.2, 0) is 18.4 Å². The number of aliphatic hydroxyl groups is 1. The van der Waals surface area contributed by atoms with Gasteiger partial charge in [0.2, 0.25) is 5.91 Å². The van der Waals surface area contributed by atoms with E-state index in [-0.39, 0.29) is 12.5 Å². The fraction of sp³-hybridized carbons (Fsp3) is 0.841. The minimum absolute atomic E-state index is 0.00864. The molecule has 0 saturated heterocycles. The van der Waals surface area contributed by atoms with Gasteiger partial charge in [0.05, 0.1) is 39.9 Å². The Hall–Kier alpha value is -1.80. The molecule has 0 aliphatic rings. The van der Waals surface area contributed by atoms with Gasteiger partial charge in [0.15, 0.2) is 0 Å². The number of phosphoric ester groups is 1. The van der Waals surface area contributed by atoms with Crippen molar-refractivity contribution in [3.63, 3.8) is 0 Å². The van der Waals surface area contributed by atoms with Gasteiger partial charge < -0.3 is 28.8 Å². The number of aliphatic hydroxyl groups excluding tert-OH is 1. The van der Waals surface area contributed by atoms with Crippen molar-refractivity contribution in [3.8, 4) is 0 Å². The molecule has 0 aromatic heterocycles. The molecule has 0 saturated carbocycles. The molecule has 0 spiro atoms. The Morgan fingerprint density at radius 2 is 0.756 bits per heavy atom. The van der Waals surface area contributed by atoms with E-state index in [9.17, 15) is 19.4 Å². The van der Waals surface area contributed by atoms with Crippen LogP contribution in [0.25, 0.3) is 0 Å². The minimum atomic E-state index is -4.61. The molecule has 2 N–H and O–H groups in total. The van der Waals surface area contributed by atoms with Crippen LogP contribution in [0.3, 0.4) is 0 Å². The number of hydrogen-bond acceptors (Lipinski definition) is 6. The summed E-state index contributed by atoms with van der Waals surface area (Å²) in [5.41, 5.74) is 0. The molecule has 0 rings (SSSR count). The van der Waals surface area contributed by atoms with Gasteiger partial charge in [-0.3, -0.25) is 9.36 Å². The lowest BCUT2D eigenvalue weighted by atomic mass is 10.0. The molecule has 0 bridgehead atoms. The molecule has 458 valence electrons. The van der Waals surface area contributed by atoms with Crippen LogP contribution < -0.4 is 10.2 Å². The van der Waals surface area contributed by atoms with Gasteiger partial charge in [-0.05, 0) is 77.0 Å². The summed E-state index contributed by atoms with van der Waals surface area (Å²) in [6, 6.07) is -0.910. The summed E-state index contributed by atoms with van der Waals surface area (Å²) in [7, 11) is 1.24. The lowest BCUT2D eigenvalue weighted by molar-refractivity contribution is -0.870. The van der Waals surface area contributed by atoms with Gasteiger partial charge in [0, 0.05) is 6.42 Å². The number of carbonyl (C=O) groups excluding carboxylic acids is 1. The maximum atomic E-state index is 13.0. The smallest absolute Gasteiger partial charge is 0.268 e. The van der Waals surface area contributed by atoms with Crippen LogP contribution in [0.15, 0.2) is 60.8 Å². The predicted octanol–water partition coefficient (Wildman–Crippen LogP) is 20.6. The average molecular weight is 1120 g/mol. The van der Waals surface area contributed by atoms with Gasteiger partial charge in [0.1, 0.15) is 13.2 Å². The van der Waals surface area contributed by atoms with Gasteiger partial charge >= 0.3 is 0 Å². The van der Waals surface area contributed by atoms with Gasteiger partial charge in [-0.2, -0.15) is 0 Å². The first kappa shape index (κ1) is 76.2. The topological polar surface area (TPSA) is 108 Å². The molecule has 3 atom stereocenters. The molecule has 0 aliphatic heterocycles. The summed E-state index contributed by atoms with van der Waals surface area (Å²) in [6.45, 7) is 4.64. The van der Waals surface area contributed by atoms with Crippen LogP contribution in [0, 0.1) is 0 Å². The Bertz CT molecular complexity index is 1450. The number of rotatable bonds is 62. The summed E-state index contributed by atoms with van der Waals surface area (Å²) in [5.74, 6) is -0.207. The van der Waals surface area contributed by atoms with Crippen molar-refractivity contribution in [2.45, 2.75) is 334 Å². The molecule has 0 aliphatic carbocycles. The number of amides is 1. The molecular formula is C69H131N2O6P. The molecule has 9 heteroatoms. The van der Waals surface area contributed by atoms with Crippen LogP contribution in [0.1, 0.15) is 322 Å². The highest BCUT2D eigenvalue weighted by Crippen LogP contribution is 2.38. The normalized spacial score (nSPS) is 14.1. The highest BCUT2D eigenvalue weighted by Gasteiger charge is 2.23. The quantitative estimate of drug-likeness (QED) is 0.0272. The summed E-state index contributed by atoms with van der Waals surface area (Å²) in [5, 5.41) is 13.9. The van der Waals surface area contributed by atoms with Crippen molar-refractivity contribution in [1.29, 1.82) is 0 Å². The largest absolute Gasteiger partial charge is 0.756 e. The predicted molar refractivity (Wildman–Crippen MR) is 339 cm³/mol. The fourth-order valence-electron chi connectivity index (χ4n) is 9.92. The Kier molecular flexibility index (Phi) is 58.4. The zero-order valence-electron chi connectivity index (χ0n) is 52.4. The fourth-order valence-corrected chi connectivity index (χ4v) is 10.6. The first-order valence-corrected chi connectivity index (χ1v) is 35.1. The van der Waals surface area contributed by atoms with Crippen molar-refractivity contribution in [3.05, 3.63) is 60.8 Å². The molecule has 78 heavy (non-hydrogen) atoms. The first-order chi connectivity index (χ1) is 38.0. The number of nitrogens with zero attached hydrogens (tertiary/aromatic N) is 1. The van der Waals surface area contributed by atoms with E-state index in [2.05, 4.69) is 67.8 Å². The summed E-state index contributed by atoms with van der Waals surface area (Å²) in [4.78, 5) is 25.6. The molecule has 0 aromatic carbocycles. The van der Waals surface area contributed by atoms with Crippen molar-refractivity contribution in [2.24, 2.45) is 0 Å². The van der Waals surface area contributed by atoms with E-state index in [1.165, 1.54) is 250 Å². The van der Waals surface area contributed by atoms with Crippen molar-refractivity contribution in [2.75, 3.05) is 40.9 Å². The van der Waals surface area contributed by atoms with Crippen LogP contribution in [0.2, 0.25) is 0 Å². The number of hydrogen-bond donors (Lipinski definition) is 2. The third-order valence-electron chi connectivity index (χ3n) is 15.2. The Morgan fingerprint density at radius 3 is 1.12 bits per heavy atom. The number of quaternary nitrogens is 1. The van der Waals surface area contributed by atoms with Crippen LogP contribution in [-0.4, -0.2) is 68.5 Å². The average Bonchev–Trinajstić information content (AvgIpc) is 3.41. The maximum Gasteiger partial charge on any atom is 0.268 e. The first-order valence-electron chi connectivity index (χ1n) is 33.7. The molecule has 3 unspecified atom stereocenters. The van der Waals surface area contributed by atoms with Gasteiger partial charge in [-0.1, -0.05) is 299 Å². The van der Waals surface area contributed by atoms with E-state index in [1.807, 2.05) is 27.2 Å². The van der Waals surface area contributed by atoms with Crippen molar-refractivity contribution < 1.29 is 32.9 Å². The van der Waals surface area contributed by atoms with Crippen LogP contribution in [0.5, 0.6) is 0 Å².